The highest BCUT2D eigenvalue weighted by Crippen LogP contribution is 2.31. The second-order valence-electron chi connectivity index (χ2n) is 4.82. The lowest BCUT2D eigenvalue weighted by atomic mass is 10.1. The van der Waals surface area contributed by atoms with Crippen LogP contribution in [0.4, 0.5) is 5.69 Å². The van der Waals surface area contributed by atoms with Crippen LogP contribution in [0.1, 0.15) is 32.6 Å². The lowest BCUT2D eigenvalue weighted by Gasteiger charge is -2.23. The molecule has 1 aliphatic heterocycles. The van der Waals surface area contributed by atoms with Gasteiger partial charge in [-0.05, 0) is 37.8 Å². The highest BCUT2D eigenvalue weighted by molar-refractivity contribution is 5.62. The molecule has 0 saturated carbocycles. The highest BCUT2D eigenvalue weighted by atomic mass is 16.5. The fourth-order valence-corrected chi connectivity index (χ4v) is 2.11. The molecule has 0 radical (unpaired) electrons. The SMILES string of the molecule is CCCOc1cccc(OCC2CCCCO2)c1N. The number of nitrogens with two attached hydrogens (primary N) is 1. The summed E-state index contributed by atoms with van der Waals surface area (Å²) in [5, 5.41) is 0. The van der Waals surface area contributed by atoms with Crippen LogP contribution in [0.15, 0.2) is 18.2 Å². The average molecular weight is 265 g/mol. The van der Waals surface area contributed by atoms with Gasteiger partial charge in [0.05, 0.1) is 12.7 Å². The Morgan fingerprint density at radius 2 is 2.05 bits per heavy atom. The summed E-state index contributed by atoms with van der Waals surface area (Å²) in [6.45, 7) is 4.13. The first kappa shape index (κ1) is 14.0. The topological polar surface area (TPSA) is 53.7 Å². The number of nitrogen functional groups attached to an aromatic ring is 1. The molecule has 106 valence electrons. The van der Waals surface area contributed by atoms with Gasteiger partial charge in [0.2, 0.25) is 0 Å². The van der Waals surface area contributed by atoms with Gasteiger partial charge in [-0.15, -0.1) is 0 Å². The van der Waals surface area contributed by atoms with Crippen molar-refractivity contribution in [3.05, 3.63) is 18.2 Å². The van der Waals surface area contributed by atoms with Gasteiger partial charge in [0.15, 0.2) is 0 Å². The summed E-state index contributed by atoms with van der Waals surface area (Å²) in [5.74, 6) is 1.38. The Bertz CT molecular complexity index is 389. The standard InChI is InChI=1S/C15H23NO3/c1-2-9-18-13-7-5-8-14(15(13)16)19-11-12-6-3-4-10-17-12/h5,7-8,12H,2-4,6,9-11,16H2,1H3. The van der Waals surface area contributed by atoms with Crippen molar-refractivity contribution in [2.75, 3.05) is 25.6 Å². The summed E-state index contributed by atoms with van der Waals surface area (Å²) in [6, 6.07) is 5.64. The molecule has 0 spiro atoms. The molecule has 0 aliphatic carbocycles. The number of hydrogen-bond acceptors (Lipinski definition) is 4. The molecule has 1 atom stereocenters. The molecule has 1 aromatic rings. The summed E-state index contributed by atoms with van der Waals surface area (Å²) in [4.78, 5) is 0. The van der Waals surface area contributed by atoms with Crippen molar-refractivity contribution in [1.29, 1.82) is 0 Å². The minimum absolute atomic E-state index is 0.188. The number of para-hydroxylation sites is 1. The van der Waals surface area contributed by atoms with Crippen LogP contribution in [0.2, 0.25) is 0 Å². The maximum Gasteiger partial charge on any atom is 0.146 e. The molecule has 2 rings (SSSR count). The molecule has 0 bridgehead atoms. The Labute approximate surface area is 114 Å². The van der Waals surface area contributed by atoms with E-state index in [1.807, 2.05) is 18.2 Å². The average Bonchev–Trinajstić information content (AvgIpc) is 2.46. The van der Waals surface area contributed by atoms with E-state index in [-0.39, 0.29) is 6.10 Å². The monoisotopic (exact) mass is 265 g/mol. The molecule has 1 saturated heterocycles. The maximum atomic E-state index is 6.05. The minimum atomic E-state index is 0.188. The van der Waals surface area contributed by atoms with Crippen LogP contribution in [0.3, 0.4) is 0 Å². The van der Waals surface area contributed by atoms with E-state index in [2.05, 4.69) is 6.92 Å². The molecule has 19 heavy (non-hydrogen) atoms. The molecule has 4 heteroatoms. The number of hydrogen-bond donors (Lipinski definition) is 1. The smallest absolute Gasteiger partial charge is 0.146 e. The number of anilines is 1. The molecule has 2 N–H and O–H groups in total. The van der Waals surface area contributed by atoms with Gasteiger partial charge in [0.1, 0.15) is 23.8 Å². The first-order valence-electron chi connectivity index (χ1n) is 7.07. The lowest BCUT2D eigenvalue weighted by Crippen LogP contribution is -2.26. The maximum absolute atomic E-state index is 6.05. The third kappa shape index (κ3) is 4.03. The van der Waals surface area contributed by atoms with Crippen LogP contribution in [-0.4, -0.2) is 25.9 Å². The van der Waals surface area contributed by atoms with Crippen LogP contribution in [0.5, 0.6) is 11.5 Å². The molecular formula is C15H23NO3. The highest BCUT2D eigenvalue weighted by Gasteiger charge is 2.15. The Hall–Kier alpha value is -1.42. The largest absolute Gasteiger partial charge is 0.491 e. The lowest BCUT2D eigenvalue weighted by molar-refractivity contribution is -0.0109. The fourth-order valence-electron chi connectivity index (χ4n) is 2.11. The summed E-state index contributed by atoms with van der Waals surface area (Å²) >= 11 is 0. The quantitative estimate of drug-likeness (QED) is 0.803. The van der Waals surface area contributed by atoms with Gasteiger partial charge in [0, 0.05) is 6.61 Å². The van der Waals surface area contributed by atoms with Gasteiger partial charge < -0.3 is 19.9 Å². The van der Waals surface area contributed by atoms with Gasteiger partial charge in [-0.1, -0.05) is 13.0 Å². The minimum Gasteiger partial charge on any atom is -0.491 e. The predicted molar refractivity (Wildman–Crippen MR) is 75.7 cm³/mol. The molecule has 0 aromatic heterocycles. The van der Waals surface area contributed by atoms with Crippen LogP contribution in [0, 0.1) is 0 Å². The molecule has 1 aromatic carbocycles. The van der Waals surface area contributed by atoms with Crippen molar-refractivity contribution in [2.45, 2.75) is 38.7 Å². The van der Waals surface area contributed by atoms with Crippen molar-refractivity contribution in [3.8, 4) is 11.5 Å². The number of ether oxygens (including phenoxy) is 3. The Balaban J connectivity index is 1.91. The van der Waals surface area contributed by atoms with Crippen molar-refractivity contribution in [1.82, 2.24) is 0 Å². The molecule has 4 nitrogen and oxygen atoms in total. The van der Waals surface area contributed by atoms with E-state index in [0.717, 1.165) is 25.9 Å². The first-order chi connectivity index (χ1) is 9.31. The van der Waals surface area contributed by atoms with Crippen molar-refractivity contribution in [3.63, 3.8) is 0 Å². The van der Waals surface area contributed by atoms with Crippen LogP contribution in [-0.2, 0) is 4.74 Å². The van der Waals surface area contributed by atoms with Gasteiger partial charge >= 0.3 is 0 Å². The van der Waals surface area contributed by atoms with E-state index in [1.165, 1.54) is 6.42 Å². The van der Waals surface area contributed by atoms with E-state index in [0.29, 0.717) is 30.4 Å². The molecule has 1 unspecified atom stereocenters. The normalized spacial score (nSPS) is 19.1. The molecule has 1 aliphatic rings. The van der Waals surface area contributed by atoms with Crippen LogP contribution < -0.4 is 15.2 Å². The third-order valence-corrected chi connectivity index (χ3v) is 3.19. The molecule has 1 fully saturated rings. The number of rotatable bonds is 6. The second kappa shape index (κ2) is 7.24. The zero-order valence-corrected chi connectivity index (χ0v) is 11.6. The van der Waals surface area contributed by atoms with Crippen LogP contribution in [0.25, 0.3) is 0 Å². The van der Waals surface area contributed by atoms with E-state index in [9.17, 15) is 0 Å². The van der Waals surface area contributed by atoms with E-state index in [1.54, 1.807) is 0 Å². The van der Waals surface area contributed by atoms with E-state index < -0.39 is 0 Å². The van der Waals surface area contributed by atoms with Gasteiger partial charge in [-0.25, -0.2) is 0 Å². The number of benzene rings is 1. The Morgan fingerprint density at radius 1 is 1.26 bits per heavy atom. The third-order valence-electron chi connectivity index (χ3n) is 3.19. The molecular weight excluding hydrogens is 242 g/mol. The Morgan fingerprint density at radius 3 is 2.74 bits per heavy atom. The van der Waals surface area contributed by atoms with Gasteiger partial charge in [-0.3, -0.25) is 0 Å². The van der Waals surface area contributed by atoms with Crippen molar-refractivity contribution >= 4 is 5.69 Å². The molecule has 0 amide bonds. The van der Waals surface area contributed by atoms with Gasteiger partial charge in [0.25, 0.3) is 0 Å². The molecule has 1 heterocycles. The zero-order chi connectivity index (χ0) is 13.5. The van der Waals surface area contributed by atoms with E-state index >= 15 is 0 Å². The summed E-state index contributed by atoms with van der Waals surface area (Å²) in [6.07, 6.45) is 4.57. The summed E-state index contributed by atoms with van der Waals surface area (Å²) in [5.41, 5.74) is 6.62. The van der Waals surface area contributed by atoms with Gasteiger partial charge in [-0.2, -0.15) is 0 Å². The predicted octanol–water partition coefficient (Wildman–Crippen LogP) is 3.01. The second-order valence-corrected chi connectivity index (χ2v) is 4.82. The van der Waals surface area contributed by atoms with Crippen molar-refractivity contribution in [2.24, 2.45) is 0 Å². The van der Waals surface area contributed by atoms with Crippen molar-refractivity contribution < 1.29 is 14.2 Å². The summed E-state index contributed by atoms with van der Waals surface area (Å²) in [7, 11) is 0. The van der Waals surface area contributed by atoms with Crippen LogP contribution >= 0.6 is 0 Å². The fraction of sp³-hybridized carbons (Fsp3) is 0.600. The first-order valence-corrected chi connectivity index (χ1v) is 7.07. The van der Waals surface area contributed by atoms with E-state index in [4.69, 9.17) is 19.9 Å². The summed E-state index contributed by atoms with van der Waals surface area (Å²) < 4.78 is 17.0. The zero-order valence-electron chi connectivity index (χ0n) is 11.6. The Kier molecular flexibility index (Phi) is 5.33.